The van der Waals surface area contributed by atoms with Gasteiger partial charge in [0.15, 0.2) is 0 Å². The van der Waals surface area contributed by atoms with Crippen LogP contribution in [0.3, 0.4) is 0 Å². The first-order valence-electron chi connectivity index (χ1n) is 16.1. The number of fused-ring (bicyclic) bond motifs is 3. The van der Waals surface area contributed by atoms with Crippen molar-refractivity contribution in [2.75, 3.05) is 26.0 Å². The van der Waals surface area contributed by atoms with Gasteiger partial charge in [-0.05, 0) is 61.6 Å². The van der Waals surface area contributed by atoms with E-state index in [1.165, 1.54) is 0 Å². The van der Waals surface area contributed by atoms with Crippen LogP contribution in [0.25, 0.3) is 11.1 Å². The van der Waals surface area contributed by atoms with Crippen LogP contribution in [0.5, 0.6) is 5.75 Å². The van der Waals surface area contributed by atoms with Crippen molar-refractivity contribution in [1.82, 2.24) is 0 Å². The molecule has 240 valence electrons. The van der Waals surface area contributed by atoms with E-state index in [-0.39, 0.29) is 49.6 Å². The van der Waals surface area contributed by atoms with Gasteiger partial charge in [-0.15, -0.1) is 0 Å². The van der Waals surface area contributed by atoms with Crippen LogP contribution < -0.4 is 9.83 Å². The maximum absolute atomic E-state index is 14.2. The van der Waals surface area contributed by atoms with Gasteiger partial charge in [0, 0.05) is 24.1 Å². The van der Waals surface area contributed by atoms with Gasteiger partial charge in [0.05, 0.1) is 30.9 Å². The molecule has 0 radical (unpaired) electrons. The fourth-order valence-corrected chi connectivity index (χ4v) is 8.56. The second-order valence-electron chi connectivity index (χ2n) is 12.6. The number of esters is 3. The van der Waals surface area contributed by atoms with E-state index < -0.39 is 31.3 Å². The van der Waals surface area contributed by atoms with E-state index >= 15 is 0 Å². The molecule has 0 N–H and O–H groups in total. The molecular formula is C35H41O9P. The van der Waals surface area contributed by atoms with Gasteiger partial charge in [-0.25, -0.2) is 0 Å². The third-order valence-corrected chi connectivity index (χ3v) is 11.4. The molecule has 3 fully saturated rings. The molecule has 2 aliphatic heterocycles. The van der Waals surface area contributed by atoms with Gasteiger partial charge >= 0.3 is 17.9 Å². The molecule has 9 nitrogen and oxygen atoms in total. The minimum Gasteiger partial charge on any atom is -0.465 e. The van der Waals surface area contributed by atoms with Crippen molar-refractivity contribution in [3.05, 3.63) is 60.7 Å². The average Bonchev–Trinajstić information content (AvgIpc) is 3.97. The number of epoxide rings is 1. The number of allylic oxidation sites excluding steroid dienone is 1. The molecule has 2 aliphatic carbocycles. The highest BCUT2D eigenvalue weighted by atomic mass is 31.2. The summed E-state index contributed by atoms with van der Waals surface area (Å²) in [7, 11) is -3.42. The maximum atomic E-state index is 14.2. The topological polar surface area (TPSA) is 118 Å². The number of ether oxygens (including phenoxy) is 4. The van der Waals surface area contributed by atoms with E-state index in [1.807, 2.05) is 55.5 Å². The summed E-state index contributed by atoms with van der Waals surface area (Å²) < 4.78 is 42.7. The molecule has 0 aromatic heterocycles. The van der Waals surface area contributed by atoms with Crippen LogP contribution in [0.2, 0.25) is 0 Å². The van der Waals surface area contributed by atoms with Gasteiger partial charge in [0.2, 0.25) is 0 Å². The Morgan fingerprint density at radius 2 is 1.69 bits per heavy atom. The third-order valence-electron chi connectivity index (χ3n) is 8.98. The standard InChI is InChI=1S/C35H41O9P/c1-2-3-8-27-29(35(38)42-22-25-21-40-25)17-24(19-34(37)41-20-23-13-14-23)18-31(27)43-33(36)15-16-45(39)32-12-7-5-10-28(32)26-9-4-6-11-30(26)44-45/h3-12,23-25,27,29,31H,2,13-22H2,1H3. The van der Waals surface area contributed by atoms with E-state index in [4.69, 9.17) is 23.5 Å². The number of carbonyl (C=O) groups excluding carboxylic acids is 3. The fraction of sp³-hybridized carbons (Fsp3) is 0.514. The molecule has 6 unspecified atom stereocenters. The Hall–Kier alpha value is -3.42. The second kappa shape index (κ2) is 13.9. The van der Waals surface area contributed by atoms with Gasteiger partial charge in [0.25, 0.3) is 7.37 Å². The van der Waals surface area contributed by atoms with Gasteiger partial charge in [-0.3, -0.25) is 18.9 Å². The molecule has 10 heteroatoms. The van der Waals surface area contributed by atoms with Crippen LogP contribution in [0, 0.1) is 23.7 Å². The molecule has 4 aliphatic rings. The van der Waals surface area contributed by atoms with Crippen molar-refractivity contribution in [2.45, 2.75) is 64.1 Å². The molecule has 1 saturated heterocycles. The monoisotopic (exact) mass is 636 g/mol. The molecule has 6 rings (SSSR count). The number of benzene rings is 2. The summed E-state index contributed by atoms with van der Waals surface area (Å²) in [5.74, 6) is -1.48. The quantitative estimate of drug-likeness (QED) is 0.0878. The summed E-state index contributed by atoms with van der Waals surface area (Å²) in [6.45, 7) is 3.16. The van der Waals surface area contributed by atoms with Crippen molar-refractivity contribution in [2.24, 2.45) is 23.7 Å². The number of carbonyl (C=O) groups is 3. The molecule has 2 heterocycles. The second-order valence-corrected chi connectivity index (χ2v) is 15.0. The Morgan fingerprint density at radius 1 is 0.933 bits per heavy atom. The predicted octanol–water partition coefficient (Wildman–Crippen LogP) is 5.85. The minimum atomic E-state index is -3.42. The molecule has 6 atom stereocenters. The summed E-state index contributed by atoms with van der Waals surface area (Å²) in [6, 6.07) is 14.9. The molecule has 2 aromatic rings. The van der Waals surface area contributed by atoms with Crippen LogP contribution in [0.15, 0.2) is 60.7 Å². The van der Waals surface area contributed by atoms with E-state index in [1.54, 1.807) is 12.1 Å². The smallest absolute Gasteiger partial charge is 0.309 e. The predicted molar refractivity (Wildman–Crippen MR) is 167 cm³/mol. The highest BCUT2D eigenvalue weighted by Gasteiger charge is 2.44. The summed E-state index contributed by atoms with van der Waals surface area (Å²) in [5, 5.41) is 0.588. The first-order valence-corrected chi connectivity index (χ1v) is 17.9. The molecule has 45 heavy (non-hydrogen) atoms. The minimum absolute atomic E-state index is 0.0247. The SMILES string of the molecule is CCC=CC1C(OC(=O)CCP2(=O)Oc3ccccc3-c3ccccc32)CC(CC(=O)OCC2CC2)CC1C(=O)OCC1CO1. The van der Waals surface area contributed by atoms with Gasteiger partial charge in [-0.1, -0.05) is 55.5 Å². The lowest BCUT2D eigenvalue weighted by atomic mass is 9.71. The lowest BCUT2D eigenvalue weighted by Gasteiger charge is -2.39. The highest BCUT2D eigenvalue weighted by molar-refractivity contribution is 7.67. The zero-order valence-corrected chi connectivity index (χ0v) is 26.5. The van der Waals surface area contributed by atoms with E-state index in [0.717, 1.165) is 30.4 Å². The van der Waals surface area contributed by atoms with Crippen LogP contribution in [0.4, 0.5) is 0 Å². The summed E-state index contributed by atoms with van der Waals surface area (Å²) >= 11 is 0. The summed E-state index contributed by atoms with van der Waals surface area (Å²) in [5.41, 5.74) is 1.70. The van der Waals surface area contributed by atoms with Crippen LogP contribution in [0.1, 0.15) is 51.9 Å². The molecular weight excluding hydrogens is 595 g/mol. The molecule has 2 aromatic carbocycles. The normalized spacial score (nSPS) is 28.3. The Morgan fingerprint density at radius 3 is 2.44 bits per heavy atom. The summed E-state index contributed by atoms with van der Waals surface area (Å²) in [4.78, 5) is 39.5. The van der Waals surface area contributed by atoms with E-state index in [2.05, 4.69) is 0 Å². The van der Waals surface area contributed by atoms with Crippen molar-refractivity contribution >= 4 is 30.6 Å². The molecule has 0 bridgehead atoms. The number of hydrogen-bond acceptors (Lipinski definition) is 9. The van der Waals surface area contributed by atoms with Crippen molar-refractivity contribution in [1.29, 1.82) is 0 Å². The van der Waals surface area contributed by atoms with Crippen molar-refractivity contribution in [3.63, 3.8) is 0 Å². The van der Waals surface area contributed by atoms with E-state index in [9.17, 15) is 18.9 Å². The lowest BCUT2D eigenvalue weighted by Crippen LogP contribution is -2.43. The van der Waals surface area contributed by atoms with Gasteiger partial charge in [-0.2, -0.15) is 0 Å². The molecule has 0 spiro atoms. The Kier molecular flexibility index (Phi) is 9.76. The Balaban J connectivity index is 1.16. The summed E-state index contributed by atoms with van der Waals surface area (Å²) in [6.07, 6.45) is 6.87. The number of para-hydroxylation sites is 1. The lowest BCUT2D eigenvalue weighted by molar-refractivity contribution is -0.165. The van der Waals surface area contributed by atoms with Crippen LogP contribution >= 0.6 is 7.37 Å². The van der Waals surface area contributed by atoms with Crippen LogP contribution in [-0.4, -0.2) is 56.1 Å². The molecule has 0 amide bonds. The molecule has 2 saturated carbocycles. The van der Waals surface area contributed by atoms with Gasteiger partial charge in [0.1, 0.15) is 24.6 Å². The van der Waals surface area contributed by atoms with Gasteiger partial charge < -0.3 is 23.5 Å². The zero-order chi connectivity index (χ0) is 31.4. The average molecular weight is 637 g/mol. The number of rotatable bonds is 13. The van der Waals surface area contributed by atoms with Crippen molar-refractivity contribution < 1.29 is 42.4 Å². The third kappa shape index (κ3) is 7.87. The van der Waals surface area contributed by atoms with Crippen molar-refractivity contribution in [3.8, 4) is 16.9 Å². The van der Waals surface area contributed by atoms with Crippen LogP contribution in [-0.2, 0) is 37.9 Å². The zero-order valence-electron chi connectivity index (χ0n) is 25.6. The largest absolute Gasteiger partial charge is 0.465 e. The fourth-order valence-electron chi connectivity index (χ4n) is 6.30. The number of hydrogen-bond donors (Lipinski definition) is 0. The Labute approximate surface area is 264 Å². The Bertz CT molecular complexity index is 1480. The first kappa shape index (κ1) is 31.6. The maximum Gasteiger partial charge on any atom is 0.309 e. The highest BCUT2D eigenvalue weighted by Crippen LogP contribution is 2.55. The first-order chi connectivity index (χ1) is 21.8. The van der Waals surface area contributed by atoms with E-state index in [0.29, 0.717) is 43.0 Å².